The second-order valence-corrected chi connectivity index (χ2v) is 6.08. The summed E-state index contributed by atoms with van der Waals surface area (Å²) in [5.74, 6) is -0.132. The molecule has 1 aromatic rings. The van der Waals surface area contributed by atoms with Crippen LogP contribution in [0.5, 0.6) is 0 Å². The van der Waals surface area contributed by atoms with Crippen molar-refractivity contribution < 1.29 is 9.13 Å². The van der Waals surface area contributed by atoms with Gasteiger partial charge in [-0.15, -0.1) is 0 Å². The van der Waals surface area contributed by atoms with E-state index in [1.54, 1.807) is 6.07 Å². The molecule has 1 saturated heterocycles. The highest BCUT2D eigenvalue weighted by Crippen LogP contribution is 2.32. The van der Waals surface area contributed by atoms with E-state index in [0.717, 1.165) is 24.3 Å². The summed E-state index contributed by atoms with van der Waals surface area (Å²) in [6.07, 6.45) is 0.203. The van der Waals surface area contributed by atoms with E-state index >= 15 is 0 Å². The summed E-state index contributed by atoms with van der Waals surface area (Å²) in [5, 5.41) is 3.39. The number of rotatable bonds is 4. The number of ether oxygens (including phenoxy) is 1. The highest BCUT2D eigenvalue weighted by Gasteiger charge is 2.27. The predicted molar refractivity (Wildman–Crippen MR) is 85.5 cm³/mol. The maximum absolute atomic E-state index is 14.0. The zero-order chi connectivity index (χ0) is 15.6. The molecule has 1 fully saturated rings. The Morgan fingerprint density at radius 1 is 1.43 bits per heavy atom. The Morgan fingerprint density at radius 3 is 2.81 bits per heavy atom. The van der Waals surface area contributed by atoms with Crippen LogP contribution in [0.15, 0.2) is 12.1 Å². The molecule has 0 amide bonds. The van der Waals surface area contributed by atoms with Crippen LogP contribution in [-0.2, 0) is 4.74 Å². The van der Waals surface area contributed by atoms with E-state index in [0.29, 0.717) is 18.2 Å². The van der Waals surface area contributed by atoms with Crippen LogP contribution in [0.1, 0.15) is 44.9 Å². The van der Waals surface area contributed by atoms with E-state index in [4.69, 9.17) is 4.74 Å². The van der Waals surface area contributed by atoms with Crippen molar-refractivity contribution >= 4 is 5.69 Å². The smallest absolute Gasteiger partial charge is 0.126 e. The number of halogens is 1. The molecule has 0 saturated carbocycles. The Morgan fingerprint density at radius 2 is 2.14 bits per heavy atom. The van der Waals surface area contributed by atoms with Crippen LogP contribution in [0.4, 0.5) is 10.1 Å². The van der Waals surface area contributed by atoms with Crippen molar-refractivity contribution in [2.45, 2.75) is 52.8 Å². The molecule has 0 spiro atoms. The van der Waals surface area contributed by atoms with Crippen LogP contribution >= 0.6 is 0 Å². The third-order valence-corrected chi connectivity index (χ3v) is 4.20. The maximum atomic E-state index is 14.0. The molecule has 3 atom stereocenters. The average Bonchev–Trinajstić information content (AvgIpc) is 2.44. The standard InChI is InChI=1S/C17H27FN2O/c1-6-19-14(5)15-8-16(18)11(2)7-17(15)20-9-13(4)21-10-12(20)3/h7-8,12-14,19H,6,9-10H2,1-5H3. The lowest BCUT2D eigenvalue weighted by Crippen LogP contribution is -2.48. The van der Waals surface area contributed by atoms with E-state index < -0.39 is 0 Å². The molecule has 1 heterocycles. The highest BCUT2D eigenvalue weighted by molar-refractivity contribution is 5.58. The van der Waals surface area contributed by atoms with E-state index in [9.17, 15) is 4.39 Å². The average molecular weight is 294 g/mol. The molecule has 3 unspecified atom stereocenters. The van der Waals surface area contributed by atoms with Crippen LogP contribution in [0.25, 0.3) is 0 Å². The minimum Gasteiger partial charge on any atom is -0.375 e. The summed E-state index contributed by atoms with van der Waals surface area (Å²) >= 11 is 0. The Hall–Kier alpha value is -1.13. The number of nitrogens with one attached hydrogen (secondary N) is 1. The van der Waals surface area contributed by atoms with E-state index in [-0.39, 0.29) is 18.0 Å². The molecular weight excluding hydrogens is 267 g/mol. The number of morpholine rings is 1. The molecule has 3 nitrogen and oxygen atoms in total. The third kappa shape index (κ3) is 3.55. The summed E-state index contributed by atoms with van der Waals surface area (Å²) in [6, 6.07) is 4.10. The third-order valence-electron chi connectivity index (χ3n) is 4.20. The maximum Gasteiger partial charge on any atom is 0.126 e. The molecular formula is C17H27FN2O. The molecule has 0 aliphatic carbocycles. The molecule has 4 heteroatoms. The number of hydrogen-bond donors (Lipinski definition) is 1. The fraction of sp³-hybridized carbons (Fsp3) is 0.647. The van der Waals surface area contributed by atoms with Gasteiger partial charge in [-0.05, 0) is 57.5 Å². The summed E-state index contributed by atoms with van der Waals surface area (Å²) < 4.78 is 19.7. The first-order valence-corrected chi connectivity index (χ1v) is 7.85. The van der Waals surface area contributed by atoms with Crippen molar-refractivity contribution in [3.8, 4) is 0 Å². The zero-order valence-electron chi connectivity index (χ0n) is 13.7. The van der Waals surface area contributed by atoms with Gasteiger partial charge in [0.2, 0.25) is 0 Å². The van der Waals surface area contributed by atoms with Gasteiger partial charge in [-0.1, -0.05) is 6.92 Å². The Kier molecular flexibility index (Phi) is 5.22. The summed E-state index contributed by atoms with van der Waals surface area (Å²) in [5.41, 5.74) is 2.86. The lowest BCUT2D eigenvalue weighted by atomic mass is 10.00. The number of benzene rings is 1. The van der Waals surface area contributed by atoms with Gasteiger partial charge in [0.25, 0.3) is 0 Å². The molecule has 0 aromatic heterocycles. The van der Waals surface area contributed by atoms with Gasteiger partial charge in [0.15, 0.2) is 0 Å². The van der Waals surface area contributed by atoms with E-state index in [1.165, 1.54) is 0 Å². The monoisotopic (exact) mass is 294 g/mol. The first-order valence-electron chi connectivity index (χ1n) is 7.85. The molecule has 1 aromatic carbocycles. The fourth-order valence-corrected chi connectivity index (χ4v) is 2.93. The van der Waals surface area contributed by atoms with Gasteiger partial charge in [0, 0.05) is 24.3 Å². The molecule has 0 bridgehead atoms. The van der Waals surface area contributed by atoms with Crippen LogP contribution in [0.3, 0.4) is 0 Å². The molecule has 118 valence electrons. The molecule has 1 aliphatic heterocycles. The first-order chi connectivity index (χ1) is 9.93. The molecule has 1 N–H and O–H groups in total. The molecule has 2 rings (SSSR count). The number of hydrogen-bond acceptors (Lipinski definition) is 3. The topological polar surface area (TPSA) is 24.5 Å². The van der Waals surface area contributed by atoms with Crippen LogP contribution in [0.2, 0.25) is 0 Å². The van der Waals surface area contributed by atoms with Gasteiger partial charge in [-0.2, -0.15) is 0 Å². The molecule has 1 aliphatic rings. The quantitative estimate of drug-likeness (QED) is 0.921. The molecule has 21 heavy (non-hydrogen) atoms. The van der Waals surface area contributed by atoms with E-state index in [2.05, 4.69) is 37.9 Å². The lowest BCUT2D eigenvalue weighted by Gasteiger charge is -2.40. The van der Waals surface area contributed by atoms with Crippen LogP contribution < -0.4 is 10.2 Å². The zero-order valence-corrected chi connectivity index (χ0v) is 13.7. The van der Waals surface area contributed by atoms with Crippen molar-refractivity contribution in [1.82, 2.24) is 5.32 Å². The number of nitrogens with zero attached hydrogens (tertiary/aromatic N) is 1. The first kappa shape index (κ1) is 16.2. The van der Waals surface area contributed by atoms with Crippen molar-refractivity contribution in [3.63, 3.8) is 0 Å². The summed E-state index contributed by atoms with van der Waals surface area (Å²) in [4.78, 5) is 2.35. The van der Waals surface area contributed by atoms with Crippen molar-refractivity contribution in [1.29, 1.82) is 0 Å². The second kappa shape index (κ2) is 6.75. The highest BCUT2D eigenvalue weighted by atomic mass is 19.1. The Labute approximate surface area is 127 Å². The van der Waals surface area contributed by atoms with Gasteiger partial charge >= 0.3 is 0 Å². The van der Waals surface area contributed by atoms with Gasteiger partial charge in [0.05, 0.1) is 12.7 Å². The van der Waals surface area contributed by atoms with Gasteiger partial charge < -0.3 is 15.0 Å². The van der Waals surface area contributed by atoms with Crippen LogP contribution in [-0.4, -0.2) is 31.8 Å². The van der Waals surface area contributed by atoms with Gasteiger partial charge in [0.1, 0.15) is 5.82 Å². The summed E-state index contributed by atoms with van der Waals surface area (Å²) in [6.45, 7) is 12.7. The normalized spacial score (nSPS) is 24.2. The van der Waals surface area contributed by atoms with Gasteiger partial charge in [-0.25, -0.2) is 4.39 Å². The molecule has 0 radical (unpaired) electrons. The van der Waals surface area contributed by atoms with Crippen molar-refractivity contribution in [2.24, 2.45) is 0 Å². The van der Waals surface area contributed by atoms with Crippen LogP contribution in [0, 0.1) is 12.7 Å². The predicted octanol–water partition coefficient (Wildman–Crippen LogP) is 3.42. The van der Waals surface area contributed by atoms with E-state index in [1.807, 2.05) is 13.0 Å². The minimum absolute atomic E-state index is 0.130. The van der Waals surface area contributed by atoms with Crippen molar-refractivity contribution in [2.75, 3.05) is 24.6 Å². The summed E-state index contributed by atoms with van der Waals surface area (Å²) in [7, 11) is 0. The second-order valence-electron chi connectivity index (χ2n) is 6.08. The SMILES string of the molecule is CCNC(C)c1cc(F)c(C)cc1N1CC(C)OCC1C. The Bertz CT molecular complexity index is 492. The lowest BCUT2D eigenvalue weighted by molar-refractivity contribution is 0.0343. The fourth-order valence-electron chi connectivity index (χ4n) is 2.93. The largest absolute Gasteiger partial charge is 0.375 e. The number of aryl methyl sites for hydroxylation is 1. The van der Waals surface area contributed by atoms with Crippen molar-refractivity contribution in [3.05, 3.63) is 29.1 Å². The Balaban J connectivity index is 2.42. The minimum atomic E-state index is -0.132. The van der Waals surface area contributed by atoms with Gasteiger partial charge in [-0.3, -0.25) is 0 Å². The number of anilines is 1.